The highest BCUT2D eigenvalue weighted by Crippen LogP contribution is 2.29. The molecule has 0 radical (unpaired) electrons. The number of thiazole rings is 1. The van der Waals surface area contributed by atoms with Crippen LogP contribution < -0.4 is 5.32 Å². The van der Waals surface area contributed by atoms with E-state index in [0.717, 1.165) is 11.8 Å². The van der Waals surface area contributed by atoms with E-state index in [-0.39, 0.29) is 23.1 Å². The Labute approximate surface area is 172 Å². The minimum absolute atomic E-state index is 0.0453. The third-order valence-electron chi connectivity index (χ3n) is 4.82. The molecule has 1 atom stereocenters. The van der Waals surface area contributed by atoms with Crippen LogP contribution in [0.25, 0.3) is 10.2 Å². The highest BCUT2D eigenvalue weighted by Gasteiger charge is 2.34. The zero-order chi connectivity index (χ0) is 20.6. The number of aromatic nitrogens is 1. The summed E-state index contributed by atoms with van der Waals surface area (Å²) in [4.78, 5) is 31.2. The second kappa shape index (κ2) is 7.57. The van der Waals surface area contributed by atoms with Crippen molar-refractivity contribution in [2.45, 2.75) is 17.9 Å². The summed E-state index contributed by atoms with van der Waals surface area (Å²) in [7, 11) is -3.31. The normalized spacial score (nSPS) is 17.1. The van der Waals surface area contributed by atoms with Crippen molar-refractivity contribution in [1.29, 1.82) is 0 Å². The van der Waals surface area contributed by atoms with E-state index < -0.39 is 15.8 Å². The molecule has 2 amide bonds. The molecule has 0 spiro atoms. The van der Waals surface area contributed by atoms with Gasteiger partial charge in [0, 0.05) is 25.8 Å². The molecule has 1 aliphatic rings. The molecule has 1 fully saturated rings. The summed E-state index contributed by atoms with van der Waals surface area (Å²) < 4.78 is 24.1. The van der Waals surface area contributed by atoms with Crippen molar-refractivity contribution in [3.05, 3.63) is 54.1 Å². The predicted octanol–water partition coefficient (Wildman–Crippen LogP) is 2.69. The van der Waals surface area contributed by atoms with Crippen molar-refractivity contribution in [1.82, 2.24) is 9.88 Å². The van der Waals surface area contributed by atoms with Crippen molar-refractivity contribution >= 4 is 48.3 Å². The molecule has 0 unspecified atom stereocenters. The molecule has 3 aromatic rings. The Balaban J connectivity index is 1.44. The smallest absolute Gasteiger partial charge is 0.231 e. The summed E-state index contributed by atoms with van der Waals surface area (Å²) in [6, 6.07) is 14.3. The van der Waals surface area contributed by atoms with Crippen LogP contribution in [-0.4, -0.2) is 42.9 Å². The van der Waals surface area contributed by atoms with Crippen LogP contribution >= 0.6 is 11.3 Å². The topological polar surface area (TPSA) is 96.4 Å². The largest absolute Gasteiger partial charge is 0.338 e. The van der Waals surface area contributed by atoms with Crippen LogP contribution in [0.2, 0.25) is 0 Å². The minimum atomic E-state index is -3.31. The first-order valence-electron chi connectivity index (χ1n) is 9.03. The summed E-state index contributed by atoms with van der Waals surface area (Å²) in [5, 5.41) is 3.17. The van der Waals surface area contributed by atoms with Crippen LogP contribution in [0.1, 0.15) is 12.0 Å². The van der Waals surface area contributed by atoms with E-state index >= 15 is 0 Å². The second-order valence-electron chi connectivity index (χ2n) is 7.07. The number of sulfone groups is 1. The van der Waals surface area contributed by atoms with Gasteiger partial charge in [0.2, 0.25) is 11.8 Å². The summed E-state index contributed by atoms with van der Waals surface area (Å²) in [6.45, 7) is 0.849. The van der Waals surface area contributed by atoms with Gasteiger partial charge in [-0.3, -0.25) is 9.59 Å². The number of amides is 2. The van der Waals surface area contributed by atoms with Gasteiger partial charge in [-0.1, -0.05) is 41.7 Å². The van der Waals surface area contributed by atoms with Gasteiger partial charge < -0.3 is 10.2 Å². The molecule has 2 aromatic carbocycles. The van der Waals surface area contributed by atoms with E-state index in [9.17, 15) is 18.0 Å². The Morgan fingerprint density at radius 1 is 1.24 bits per heavy atom. The lowest BCUT2D eigenvalue weighted by Gasteiger charge is -2.16. The van der Waals surface area contributed by atoms with E-state index in [0.29, 0.717) is 28.4 Å². The molecule has 150 valence electrons. The lowest BCUT2D eigenvalue weighted by molar-refractivity contribution is -0.128. The quantitative estimate of drug-likeness (QED) is 0.673. The minimum Gasteiger partial charge on any atom is -0.338 e. The first-order valence-corrected chi connectivity index (χ1v) is 11.7. The van der Waals surface area contributed by atoms with Gasteiger partial charge >= 0.3 is 0 Å². The molecule has 1 aromatic heterocycles. The molecule has 29 heavy (non-hydrogen) atoms. The van der Waals surface area contributed by atoms with E-state index in [2.05, 4.69) is 10.3 Å². The fourth-order valence-electron chi connectivity index (χ4n) is 3.30. The standard InChI is InChI=1S/C20H19N3O4S2/c1-29(26,27)15-7-8-16-17(10-15)28-20(21-16)22-19(25)14-9-18(24)23(12-14)11-13-5-3-2-4-6-13/h2-8,10,14H,9,11-12H2,1H3,(H,21,22,25)/t14-/m0/s1. The number of rotatable bonds is 5. The van der Waals surface area contributed by atoms with E-state index in [1.165, 1.54) is 17.4 Å². The third-order valence-corrected chi connectivity index (χ3v) is 6.86. The van der Waals surface area contributed by atoms with Crippen molar-refractivity contribution in [3.8, 4) is 0 Å². The van der Waals surface area contributed by atoms with Crippen molar-refractivity contribution in [2.24, 2.45) is 5.92 Å². The first kappa shape index (κ1) is 19.5. The fraction of sp³-hybridized carbons (Fsp3) is 0.250. The van der Waals surface area contributed by atoms with Gasteiger partial charge in [-0.05, 0) is 23.8 Å². The molecule has 0 saturated carbocycles. The van der Waals surface area contributed by atoms with E-state index in [1.807, 2.05) is 30.3 Å². The SMILES string of the molecule is CS(=O)(=O)c1ccc2nc(NC(=O)[C@H]3CC(=O)N(Cc4ccccc4)C3)sc2c1. The lowest BCUT2D eigenvalue weighted by atomic mass is 10.1. The number of likely N-dealkylation sites (tertiary alicyclic amines) is 1. The van der Waals surface area contributed by atoms with Crippen LogP contribution in [0.4, 0.5) is 5.13 Å². The monoisotopic (exact) mass is 429 g/mol. The number of nitrogens with zero attached hydrogens (tertiary/aromatic N) is 2. The number of carbonyl (C=O) groups excluding carboxylic acids is 2. The number of hydrogen-bond donors (Lipinski definition) is 1. The maximum atomic E-state index is 12.6. The number of benzene rings is 2. The zero-order valence-electron chi connectivity index (χ0n) is 15.7. The maximum absolute atomic E-state index is 12.6. The predicted molar refractivity (Wildman–Crippen MR) is 111 cm³/mol. The molecule has 7 nitrogen and oxygen atoms in total. The Morgan fingerprint density at radius 3 is 2.72 bits per heavy atom. The molecule has 1 N–H and O–H groups in total. The zero-order valence-corrected chi connectivity index (χ0v) is 17.3. The Kier molecular flexibility index (Phi) is 5.10. The molecule has 0 aliphatic carbocycles. The highest BCUT2D eigenvalue weighted by molar-refractivity contribution is 7.90. The maximum Gasteiger partial charge on any atom is 0.231 e. The Morgan fingerprint density at radius 2 is 2.00 bits per heavy atom. The molecular weight excluding hydrogens is 410 g/mol. The average Bonchev–Trinajstić information content (AvgIpc) is 3.24. The Bertz CT molecular complexity index is 1190. The Hall–Kier alpha value is -2.78. The molecular formula is C20H19N3O4S2. The number of hydrogen-bond acceptors (Lipinski definition) is 6. The number of carbonyl (C=O) groups is 2. The molecule has 1 saturated heterocycles. The van der Waals surface area contributed by atoms with Crippen LogP contribution in [0, 0.1) is 5.92 Å². The van der Waals surface area contributed by atoms with E-state index in [4.69, 9.17) is 0 Å². The van der Waals surface area contributed by atoms with Gasteiger partial charge in [-0.2, -0.15) is 0 Å². The van der Waals surface area contributed by atoms with Gasteiger partial charge in [0.25, 0.3) is 0 Å². The fourth-order valence-corrected chi connectivity index (χ4v) is 4.93. The van der Waals surface area contributed by atoms with E-state index in [1.54, 1.807) is 17.0 Å². The molecule has 9 heteroatoms. The van der Waals surface area contributed by atoms with Gasteiger partial charge in [-0.25, -0.2) is 13.4 Å². The third kappa shape index (κ3) is 4.30. The van der Waals surface area contributed by atoms with Crippen LogP contribution in [0.3, 0.4) is 0 Å². The van der Waals surface area contributed by atoms with Crippen LogP contribution in [-0.2, 0) is 26.0 Å². The van der Waals surface area contributed by atoms with Crippen LogP contribution in [0.15, 0.2) is 53.4 Å². The first-order chi connectivity index (χ1) is 13.8. The van der Waals surface area contributed by atoms with Crippen molar-refractivity contribution in [2.75, 3.05) is 18.1 Å². The lowest BCUT2D eigenvalue weighted by Crippen LogP contribution is -2.28. The van der Waals surface area contributed by atoms with Gasteiger partial charge in [0.15, 0.2) is 15.0 Å². The molecule has 4 rings (SSSR count). The molecule has 2 heterocycles. The van der Waals surface area contributed by atoms with Gasteiger partial charge in [-0.15, -0.1) is 0 Å². The summed E-state index contributed by atoms with van der Waals surface area (Å²) in [6.07, 6.45) is 1.32. The molecule has 0 bridgehead atoms. The number of nitrogens with one attached hydrogen (secondary N) is 1. The average molecular weight is 430 g/mol. The van der Waals surface area contributed by atoms with Gasteiger partial charge in [0.1, 0.15) is 0 Å². The summed E-state index contributed by atoms with van der Waals surface area (Å²) in [5.41, 5.74) is 1.64. The number of anilines is 1. The van der Waals surface area contributed by atoms with Crippen molar-refractivity contribution in [3.63, 3.8) is 0 Å². The summed E-state index contributed by atoms with van der Waals surface area (Å²) in [5.74, 6) is -0.739. The second-order valence-corrected chi connectivity index (χ2v) is 10.1. The molecule has 1 aliphatic heterocycles. The van der Waals surface area contributed by atoms with Crippen LogP contribution in [0.5, 0.6) is 0 Å². The summed E-state index contributed by atoms with van der Waals surface area (Å²) >= 11 is 1.21. The van der Waals surface area contributed by atoms with Crippen molar-refractivity contribution < 1.29 is 18.0 Å². The highest BCUT2D eigenvalue weighted by atomic mass is 32.2. The van der Waals surface area contributed by atoms with Gasteiger partial charge in [0.05, 0.1) is 21.0 Å². The number of fused-ring (bicyclic) bond motifs is 1.